The minimum atomic E-state index is -0.351. The fraction of sp³-hybridized carbons (Fsp3) is 0.200. The molecule has 0 amide bonds. The van der Waals surface area contributed by atoms with Crippen molar-refractivity contribution in [3.63, 3.8) is 0 Å². The van der Waals surface area contributed by atoms with Gasteiger partial charge in [0.25, 0.3) is 0 Å². The summed E-state index contributed by atoms with van der Waals surface area (Å²) in [4.78, 5) is 11.7. The van der Waals surface area contributed by atoms with Gasteiger partial charge in [-0.3, -0.25) is 0 Å². The van der Waals surface area contributed by atoms with Crippen LogP contribution in [0.1, 0.15) is 36.5 Å². The highest BCUT2D eigenvalue weighted by Crippen LogP contribution is 2.27. The Morgan fingerprint density at radius 1 is 1.12 bits per heavy atom. The summed E-state index contributed by atoms with van der Waals surface area (Å²) in [6, 6.07) is 16.4. The second-order valence-electron chi connectivity index (χ2n) is 5.93. The van der Waals surface area contributed by atoms with Gasteiger partial charge in [0, 0.05) is 17.5 Å². The Balaban J connectivity index is 1.85. The van der Waals surface area contributed by atoms with Crippen LogP contribution in [-0.4, -0.2) is 0 Å². The lowest BCUT2D eigenvalue weighted by Gasteiger charge is -2.10. The third-order valence-electron chi connectivity index (χ3n) is 3.86. The Kier molecular flexibility index (Phi) is 4.35. The van der Waals surface area contributed by atoms with Crippen LogP contribution < -0.4 is 10.4 Å². The van der Waals surface area contributed by atoms with Gasteiger partial charge in [-0.1, -0.05) is 26.0 Å². The van der Waals surface area contributed by atoms with E-state index in [2.05, 4.69) is 6.07 Å². The van der Waals surface area contributed by atoms with Gasteiger partial charge in [0.2, 0.25) is 0 Å². The number of hydrogen-bond acceptors (Lipinski definition) is 4. The molecule has 120 valence electrons. The Morgan fingerprint density at radius 3 is 2.54 bits per heavy atom. The maximum Gasteiger partial charge on any atom is 0.336 e. The predicted octanol–water partition coefficient (Wildman–Crippen LogP) is 4.37. The molecule has 4 nitrogen and oxygen atoms in total. The van der Waals surface area contributed by atoms with Gasteiger partial charge in [-0.15, -0.1) is 0 Å². The normalized spacial score (nSPS) is 10.8. The van der Waals surface area contributed by atoms with E-state index in [1.54, 1.807) is 24.3 Å². The topological polar surface area (TPSA) is 63.2 Å². The summed E-state index contributed by atoms with van der Waals surface area (Å²) in [6.45, 7) is 4.47. The summed E-state index contributed by atoms with van der Waals surface area (Å²) in [5.74, 6) is 0.873. The first-order valence-electron chi connectivity index (χ1n) is 7.76. The second kappa shape index (κ2) is 6.59. The van der Waals surface area contributed by atoms with Crippen LogP contribution in [0, 0.1) is 11.3 Å². The van der Waals surface area contributed by atoms with Crippen LogP contribution in [0.5, 0.6) is 5.75 Å². The average molecular weight is 319 g/mol. The largest absolute Gasteiger partial charge is 0.489 e. The number of fused-ring (bicyclic) bond motifs is 1. The van der Waals surface area contributed by atoms with E-state index in [1.165, 1.54) is 0 Å². The van der Waals surface area contributed by atoms with Gasteiger partial charge in [0.15, 0.2) is 0 Å². The molecule has 2 aromatic carbocycles. The number of ether oxygens (including phenoxy) is 1. The summed E-state index contributed by atoms with van der Waals surface area (Å²) in [5, 5.41) is 9.73. The van der Waals surface area contributed by atoms with Gasteiger partial charge in [0.05, 0.1) is 11.6 Å². The van der Waals surface area contributed by atoms with Crippen molar-refractivity contribution in [2.24, 2.45) is 0 Å². The van der Waals surface area contributed by atoms with Crippen LogP contribution in [-0.2, 0) is 6.61 Å². The zero-order valence-electron chi connectivity index (χ0n) is 13.6. The molecule has 3 rings (SSSR count). The van der Waals surface area contributed by atoms with Gasteiger partial charge in [-0.05, 0) is 41.3 Å². The lowest BCUT2D eigenvalue weighted by atomic mass is 10.00. The van der Waals surface area contributed by atoms with Gasteiger partial charge >= 0.3 is 5.63 Å². The Morgan fingerprint density at radius 2 is 1.88 bits per heavy atom. The number of hydrogen-bond donors (Lipinski definition) is 0. The van der Waals surface area contributed by atoms with Crippen LogP contribution in [0.2, 0.25) is 0 Å². The van der Waals surface area contributed by atoms with E-state index in [4.69, 9.17) is 14.4 Å². The summed E-state index contributed by atoms with van der Waals surface area (Å²) in [5.41, 5.74) is 2.73. The second-order valence-corrected chi connectivity index (χ2v) is 5.93. The van der Waals surface area contributed by atoms with Gasteiger partial charge in [-0.25, -0.2) is 4.79 Å². The Hall–Kier alpha value is -3.06. The molecule has 0 spiro atoms. The highest BCUT2D eigenvalue weighted by Gasteiger charge is 2.10. The molecule has 4 heteroatoms. The number of benzene rings is 2. The van der Waals surface area contributed by atoms with Crippen LogP contribution >= 0.6 is 0 Å². The minimum absolute atomic E-state index is 0.238. The maximum atomic E-state index is 11.7. The van der Waals surface area contributed by atoms with Gasteiger partial charge in [-0.2, -0.15) is 5.26 Å². The Labute approximate surface area is 139 Å². The molecular weight excluding hydrogens is 302 g/mol. The standard InChI is InChI=1S/C20H17NO3/c1-13(2)18-10-20(22)24-19-9-16(7-8-17(18)19)23-12-15-5-3-14(11-21)4-6-15/h3-10,13H,12H2,1-2H3. The van der Waals surface area contributed by atoms with Crippen molar-refractivity contribution in [1.82, 2.24) is 0 Å². The van der Waals surface area contributed by atoms with Crippen molar-refractivity contribution >= 4 is 11.0 Å². The van der Waals surface area contributed by atoms with E-state index in [0.717, 1.165) is 16.5 Å². The molecule has 0 radical (unpaired) electrons. The number of nitriles is 1. The van der Waals surface area contributed by atoms with Crippen molar-refractivity contribution in [2.45, 2.75) is 26.4 Å². The smallest absolute Gasteiger partial charge is 0.336 e. The third-order valence-corrected chi connectivity index (χ3v) is 3.86. The third kappa shape index (κ3) is 3.31. The van der Waals surface area contributed by atoms with Crippen LogP contribution in [0.4, 0.5) is 0 Å². The summed E-state index contributed by atoms with van der Waals surface area (Å²) in [6.07, 6.45) is 0. The SMILES string of the molecule is CC(C)c1cc(=O)oc2cc(OCc3ccc(C#N)cc3)ccc12. The molecule has 0 aliphatic heterocycles. The lowest BCUT2D eigenvalue weighted by Crippen LogP contribution is -2.02. The zero-order valence-corrected chi connectivity index (χ0v) is 13.6. The van der Waals surface area contributed by atoms with Gasteiger partial charge < -0.3 is 9.15 Å². The van der Waals surface area contributed by atoms with Crippen molar-refractivity contribution < 1.29 is 9.15 Å². The fourth-order valence-corrected chi connectivity index (χ4v) is 2.58. The molecule has 0 unspecified atom stereocenters. The monoisotopic (exact) mass is 319 g/mol. The Bertz CT molecular complexity index is 963. The quantitative estimate of drug-likeness (QED) is 0.670. The molecule has 0 bridgehead atoms. The highest BCUT2D eigenvalue weighted by molar-refractivity contribution is 5.82. The maximum absolute atomic E-state index is 11.7. The molecular formula is C20H17NO3. The first kappa shape index (κ1) is 15.8. The predicted molar refractivity (Wildman–Crippen MR) is 92.1 cm³/mol. The molecule has 0 saturated heterocycles. The molecule has 0 atom stereocenters. The minimum Gasteiger partial charge on any atom is -0.489 e. The molecule has 24 heavy (non-hydrogen) atoms. The zero-order chi connectivity index (χ0) is 17.1. The number of nitrogens with zero attached hydrogens (tertiary/aromatic N) is 1. The van der Waals surface area contributed by atoms with Gasteiger partial charge in [0.1, 0.15) is 17.9 Å². The molecule has 0 saturated carbocycles. The average Bonchev–Trinajstić information content (AvgIpc) is 2.59. The number of rotatable bonds is 4. The first-order chi connectivity index (χ1) is 11.6. The molecule has 0 fully saturated rings. The molecule has 3 aromatic rings. The van der Waals surface area contributed by atoms with Crippen molar-refractivity contribution in [2.75, 3.05) is 0 Å². The van der Waals surface area contributed by atoms with Crippen LogP contribution in [0.25, 0.3) is 11.0 Å². The van der Waals surface area contributed by atoms with Crippen molar-refractivity contribution in [3.05, 3.63) is 75.6 Å². The summed E-state index contributed by atoms with van der Waals surface area (Å²) < 4.78 is 11.1. The van der Waals surface area contributed by atoms with Crippen LogP contribution in [0.3, 0.4) is 0 Å². The summed E-state index contributed by atoms with van der Waals surface area (Å²) in [7, 11) is 0. The molecule has 1 heterocycles. The summed E-state index contributed by atoms with van der Waals surface area (Å²) >= 11 is 0. The van der Waals surface area contributed by atoms with E-state index in [-0.39, 0.29) is 11.5 Å². The van der Waals surface area contributed by atoms with Crippen LogP contribution in [0.15, 0.2) is 57.7 Å². The van der Waals surface area contributed by atoms with E-state index in [9.17, 15) is 4.79 Å². The molecule has 0 N–H and O–H groups in total. The van der Waals surface area contributed by atoms with Crippen molar-refractivity contribution in [3.8, 4) is 11.8 Å². The van der Waals surface area contributed by atoms with E-state index < -0.39 is 0 Å². The van der Waals surface area contributed by atoms with E-state index in [1.807, 2.05) is 38.1 Å². The lowest BCUT2D eigenvalue weighted by molar-refractivity contribution is 0.306. The highest BCUT2D eigenvalue weighted by atomic mass is 16.5. The van der Waals surface area contributed by atoms with E-state index >= 15 is 0 Å². The van der Waals surface area contributed by atoms with Crippen molar-refractivity contribution in [1.29, 1.82) is 5.26 Å². The fourth-order valence-electron chi connectivity index (χ4n) is 2.58. The molecule has 0 aliphatic carbocycles. The van der Waals surface area contributed by atoms with E-state index in [0.29, 0.717) is 23.5 Å². The molecule has 0 aliphatic rings. The molecule has 1 aromatic heterocycles. The first-order valence-corrected chi connectivity index (χ1v) is 7.76.